The van der Waals surface area contributed by atoms with Crippen molar-refractivity contribution in [3.05, 3.63) is 29.7 Å². The third-order valence-corrected chi connectivity index (χ3v) is 7.76. The minimum atomic E-state index is -4.54. The van der Waals surface area contributed by atoms with E-state index in [1.54, 1.807) is 18.2 Å². The Hall–Kier alpha value is -2.45. The van der Waals surface area contributed by atoms with Crippen LogP contribution in [-0.4, -0.2) is 54.3 Å². The molecule has 0 aliphatic carbocycles. The maximum absolute atomic E-state index is 14.4. The van der Waals surface area contributed by atoms with Gasteiger partial charge in [0.15, 0.2) is 0 Å². The summed E-state index contributed by atoms with van der Waals surface area (Å²) in [6.07, 6.45) is -11.1. The second-order valence-electron chi connectivity index (χ2n) is 9.03. The first-order valence-electron chi connectivity index (χ1n) is 11.4. The summed E-state index contributed by atoms with van der Waals surface area (Å²) in [5, 5.41) is 12.9. The molecule has 0 bridgehead atoms. The molecule has 2 aliphatic rings. The summed E-state index contributed by atoms with van der Waals surface area (Å²) in [7, 11) is 0. The summed E-state index contributed by atoms with van der Waals surface area (Å²) >= 11 is 1.01. The first-order chi connectivity index (χ1) is 17.0. The fourth-order valence-corrected chi connectivity index (χ4v) is 5.89. The number of alkyl halides is 7. The molecule has 3 aromatic rings. The third-order valence-electron chi connectivity index (χ3n) is 6.48. The standard InChI is InChI=1S/C22H22F7N5OS/c23-13-9-30-5-4-14(13)32-15-3-1-2-11-12(7-21(24,25)26)18(36-17(11)15)19-33-20(35-34-19)16-6-10(8-31-16)22(27,28)29/h1-3,10,13-14,16,30-32H,4-9H2/t10-,13+,14-,16-/m1/s1. The Labute approximate surface area is 204 Å². The van der Waals surface area contributed by atoms with Gasteiger partial charge in [0.25, 0.3) is 0 Å². The van der Waals surface area contributed by atoms with Gasteiger partial charge < -0.3 is 20.5 Å². The highest BCUT2D eigenvalue weighted by Gasteiger charge is 2.45. The van der Waals surface area contributed by atoms with Crippen LogP contribution in [0.3, 0.4) is 0 Å². The molecule has 3 N–H and O–H groups in total. The van der Waals surface area contributed by atoms with Crippen molar-refractivity contribution in [3.8, 4) is 10.7 Å². The lowest BCUT2D eigenvalue weighted by Crippen LogP contribution is -2.45. The number of fused-ring (bicyclic) bond motifs is 1. The number of aromatic nitrogens is 2. The van der Waals surface area contributed by atoms with E-state index in [0.717, 1.165) is 11.3 Å². The van der Waals surface area contributed by atoms with E-state index in [0.29, 0.717) is 28.7 Å². The third kappa shape index (κ3) is 5.16. The number of nitrogens with one attached hydrogen (secondary N) is 3. The number of hydrogen-bond acceptors (Lipinski definition) is 7. The lowest BCUT2D eigenvalue weighted by molar-refractivity contribution is -0.169. The fourth-order valence-electron chi connectivity index (χ4n) is 4.67. The predicted molar refractivity (Wildman–Crippen MR) is 120 cm³/mol. The van der Waals surface area contributed by atoms with Gasteiger partial charge in [-0.2, -0.15) is 31.3 Å². The molecule has 0 spiro atoms. The van der Waals surface area contributed by atoms with Crippen molar-refractivity contribution in [2.75, 3.05) is 25.0 Å². The van der Waals surface area contributed by atoms with Gasteiger partial charge in [-0.1, -0.05) is 17.3 Å². The summed E-state index contributed by atoms with van der Waals surface area (Å²) < 4.78 is 99.7. The molecule has 6 nitrogen and oxygen atoms in total. The number of halogens is 7. The van der Waals surface area contributed by atoms with Gasteiger partial charge >= 0.3 is 12.4 Å². The molecule has 0 unspecified atom stereocenters. The summed E-state index contributed by atoms with van der Waals surface area (Å²) in [4.78, 5) is 4.28. The maximum atomic E-state index is 14.4. The molecule has 4 atom stereocenters. The van der Waals surface area contributed by atoms with Crippen LogP contribution in [-0.2, 0) is 6.42 Å². The van der Waals surface area contributed by atoms with Gasteiger partial charge in [-0.25, -0.2) is 4.39 Å². The fraction of sp³-hybridized carbons (Fsp3) is 0.545. The van der Waals surface area contributed by atoms with E-state index in [1.807, 2.05) is 0 Å². The van der Waals surface area contributed by atoms with Crippen LogP contribution in [0.1, 0.15) is 30.3 Å². The number of benzene rings is 1. The molecule has 4 heterocycles. The van der Waals surface area contributed by atoms with Gasteiger partial charge in [0, 0.05) is 13.1 Å². The normalized spacial score (nSPS) is 25.5. The van der Waals surface area contributed by atoms with Crippen LogP contribution in [0.4, 0.5) is 36.4 Å². The average Bonchev–Trinajstić information content (AvgIpc) is 3.53. The molecule has 196 valence electrons. The lowest BCUT2D eigenvalue weighted by atomic mass is 10.0. The topological polar surface area (TPSA) is 75.0 Å². The monoisotopic (exact) mass is 537 g/mol. The highest BCUT2D eigenvalue weighted by Crippen LogP contribution is 2.44. The van der Waals surface area contributed by atoms with Crippen molar-refractivity contribution >= 4 is 27.1 Å². The Morgan fingerprint density at radius 3 is 2.64 bits per heavy atom. The van der Waals surface area contributed by atoms with Crippen molar-refractivity contribution in [1.29, 1.82) is 0 Å². The number of hydrogen-bond donors (Lipinski definition) is 3. The van der Waals surface area contributed by atoms with Crippen molar-refractivity contribution < 1.29 is 35.3 Å². The lowest BCUT2D eigenvalue weighted by Gasteiger charge is -2.28. The van der Waals surface area contributed by atoms with Crippen molar-refractivity contribution in [1.82, 2.24) is 20.8 Å². The zero-order valence-corrected chi connectivity index (χ0v) is 19.5. The summed E-state index contributed by atoms with van der Waals surface area (Å²) in [6.45, 7) is 0.479. The van der Waals surface area contributed by atoms with Gasteiger partial charge in [0.1, 0.15) is 6.17 Å². The van der Waals surface area contributed by atoms with Crippen LogP contribution in [0.5, 0.6) is 0 Å². The molecule has 0 radical (unpaired) electrons. The number of nitrogens with zero attached hydrogens (tertiary/aromatic N) is 2. The second kappa shape index (κ2) is 9.45. The smallest absolute Gasteiger partial charge is 0.378 e. The molecular weight excluding hydrogens is 515 g/mol. The second-order valence-corrected chi connectivity index (χ2v) is 10.1. The van der Waals surface area contributed by atoms with Gasteiger partial charge in [0.05, 0.1) is 39.7 Å². The van der Waals surface area contributed by atoms with Gasteiger partial charge in [-0.3, -0.25) is 0 Å². The molecule has 5 rings (SSSR count). The quantitative estimate of drug-likeness (QED) is 0.380. The van der Waals surface area contributed by atoms with E-state index < -0.39 is 42.9 Å². The van der Waals surface area contributed by atoms with Gasteiger partial charge in [0.2, 0.25) is 11.7 Å². The largest absolute Gasteiger partial charge is 0.393 e. The molecule has 2 aliphatic heterocycles. The van der Waals surface area contributed by atoms with Crippen LogP contribution in [0.25, 0.3) is 20.8 Å². The molecule has 36 heavy (non-hydrogen) atoms. The minimum absolute atomic E-state index is 0.0619. The zero-order valence-electron chi connectivity index (χ0n) is 18.6. The predicted octanol–water partition coefficient (Wildman–Crippen LogP) is 5.38. The average molecular weight is 538 g/mol. The van der Waals surface area contributed by atoms with Crippen LogP contribution in [0.15, 0.2) is 22.7 Å². The van der Waals surface area contributed by atoms with E-state index in [4.69, 9.17) is 4.52 Å². The number of piperidine rings is 1. The molecular formula is C22H22F7N5OS. The van der Waals surface area contributed by atoms with E-state index in [2.05, 4.69) is 26.1 Å². The molecule has 2 fully saturated rings. The molecule has 0 amide bonds. The van der Waals surface area contributed by atoms with E-state index in [-0.39, 0.29) is 41.7 Å². The Kier molecular flexibility index (Phi) is 6.62. The summed E-state index contributed by atoms with van der Waals surface area (Å²) in [5.41, 5.74) is 0.434. The Balaban J connectivity index is 1.50. The number of rotatable bonds is 5. The zero-order chi connectivity index (χ0) is 25.7. The van der Waals surface area contributed by atoms with E-state index in [9.17, 15) is 30.7 Å². The maximum Gasteiger partial charge on any atom is 0.393 e. The first kappa shape index (κ1) is 25.2. The first-order valence-corrected chi connectivity index (χ1v) is 12.2. The highest BCUT2D eigenvalue weighted by molar-refractivity contribution is 7.23. The molecule has 1 aromatic carbocycles. The molecule has 14 heteroatoms. The van der Waals surface area contributed by atoms with E-state index >= 15 is 0 Å². The van der Waals surface area contributed by atoms with E-state index in [1.165, 1.54) is 0 Å². The van der Waals surface area contributed by atoms with Crippen LogP contribution in [0, 0.1) is 5.92 Å². The van der Waals surface area contributed by atoms with Gasteiger partial charge in [-0.05, 0) is 36.4 Å². The van der Waals surface area contributed by atoms with Crippen molar-refractivity contribution in [2.24, 2.45) is 5.92 Å². The molecule has 2 saturated heterocycles. The molecule has 0 saturated carbocycles. The summed E-state index contributed by atoms with van der Waals surface area (Å²) in [5.74, 6) is -1.81. The Morgan fingerprint density at radius 1 is 1.14 bits per heavy atom. The van der Waals surface area contributed by atoms with Crippen molar-refractivity contribution in [3.63, 3.8) is 0 Å². The van der Waals surface area contributed by atoms with Crippen LogP contribution in [0.2, 0.25) is 0 Å². The molecule has 2 aromatic heterocycles. The van der Waals surface area contributed by atoms with Gasteiger partial charge in [-0.15, -0.1) is 11.3 Å². The Bertz CT molecular complexity index is 1220. The Morgan fingerprint density at radius 2 is 1.94 bits per heavy atom. The van der Waals surface area contributed by atoms with Crippen molar-refractivity contribution in [2.45, 2.75) is 49.9 Å². The number of anilines is 1. The SMILES string of the molecule is F[C@H]1CNCC[C@H]1Nc1cccc2c(CC(F)(F)F)c(-c3noc([C@H]4C[C@@H](C(F)(F)F)CN4)n3)sc12. The number of thiophene rings is 1. The van der Waals surface area contributed by atoms with Crippen LogP contribution < -0.4 is 16.0 Å². The van der Waals surface area contributed by atoms with Crippen LogP contribution >= 0.6 is 11.3 Å². The highest BCUT2D eigenvalue weighted by atomic mass is 32.1. The minimum Gasteiger partial charge on any atom is -0.378 e. The summed E-state index contributed by atoms with van der Waals surface area (Å²) in [6, 6.07) is 3.47.